The summed E-state index contributed by atoms with van der Waals surface area (Å²) in [4.78, 5) is 19.5. The summed E-state index contributed by atoms with van der Waals surface area (Å²) in [6.45, 7) is 3.08. The van der Waals surface area contributed by atoms with Crippen LogP contribution >= 0.6 is 35.0 Å². The maximum atomic E-state index is 13.3. The van der Waals surface area contributed by atoms with Gasteiger partial charge in [-0.25, -0.2) is 9.37 Å². The van der Waals surface area contributed by atoms with Crippen molar-refractivity contribution in [3.8, 4) is 0 Å². The van der Waals surface area contributed by atoms with Crippen molar-refractivity contribution < 1.29 is 9.18 Å². The van der Waals surface area contributed by atoms with Gasteiger partial charge in [-0.15, -0.1) is 11.8 Å². The van der Waals surface area contributed by atoms with Gasteiger partial charge in [0.2, 0.25) is 5.91 Å². The molecule has 1 atom stereocenters. The van der Waals surface area contributed by atoms with E-state index in [4.69, 9.17) is 23.2 Å². The summed E-state index contributed by atoms with van der Waals surface area (Å²) in [5.41, 5.74) is 1.99. The van der Waals surface area contributed by atoms with Gasteiger partial charge in [-0.2, -0.15) is 0 Å². The normalized spacial score (nSPS) is 15.0. The number of aromatic nitrogens is 1. The smallest absolute Gasteiger partial charge is 0.236 e. The van der Waals surface area contributed by atoms with Crippen LogP contribution in [-0.4, -0.2) is 27.6 Å². The number of rotatable bonds is 4. The summed E-state index contributed by atoms with van der Waals surface area (Å²) in [7, 11) is 0. The zero-order valence-corrected chi connectivity index (χ0v) is 16.0. The van der Waals surface area contributed by atoms with Gasteiger partial charge in [-0.1, -0.05) is 36.2 Å². The zero-order chi connectivity index (χ0) is 18.0. The second kappa shape index (κ2) is 7.94. The summed E-state index contributed by atoms with van der Waals surface area (Å²) < 4.78 is 13.3. The Balaban J connectivity index is 1.73. The zero-order valence-electron chi connectivity index (χ0n) is 13.6. The molecule has 0 saturated carbocycles. The topological polar surface area (TPSA) is 33.2 Å². The van der Waals surface area contributed by atoms with Gasteiger partial charge >= 0.3 is 0 Å². The van der Waals surface area contributed by atoms with E-state index in [1.165, 1.54) is 17.8 Å². The highest BCUT2D eigenvalue weighted by molar-refractivity contribution is 8.00. The maximum absolute atomic E-state index is 13.3. The van der Waals surface area contributed by atoms with Crippen LogP contribution in [0.1, 0.15) is 24.5 Å². The number of hydrogen-bond acceptors (Lipinski definition) is 3. The Morgan fingerprint density at radius 2 is 2.12 bits per heavy atom. The Kier molecular flexibility index (Phi) is 5.87. The summed E-state index contributed by atoms with van der Waals surface area (Å²) in [6.07, 6.45) is 1.35. The average molecular weight is 399 g/mol. The Bertz CT molecular complexity index is 803. The molecule has 1 aromatic heterocycles. The molecule has 0 saturated heterocycles. The number of amides is 1. The molecule has 1 amide bonds. The second-order valence-electron chi connectivity index (χ2n) is 5.86. The summed E-state index contributed by atoms with van der Waals surface area (Å²) in [6, 6.07) is 8.21. The predicted molar refractivity (Wildman–Crippen MR) is 99.7 cm³/mol. The number of hydrogen-bond donors (Lipinski definition) is 0. The maximum Gasteiger partial charge on any atom is 0.236 e. The van der Waals surface area contributed by atoms with Crippen LogP contribution in [0.25, 0.3) is 0 Å². The number of carbonyl (C=O) groups is 1. The van der Waals surface area contributed by atoms with Crippen LogP contribution in [0.4, 0.5) is 4.39 Å². The molecule has 3 rings (SSSR count). The third-order valence-electron chi connectivity index (χ3n) is 4.19. The molecule has 1 aliphatic heterocycles. The Morgan fingerprint density at radius 1 is 1.32 bits per heavy atom. The number of carbonyl (C=O) groups excluding carboxylic acids is 1. The molecule has 1 unspecified atom stereocenters. The number of benzene rings is 1. The third-order valence-corrected chi connectivity index (χ3v) is 6.20. The van der Waals surface area contributed by atoms with Gasteiger partial charge in [-0.3, -0.25) is 4.79 Å². The van der Waals surface area contributed by atoms with Crippen LogP contribution in [0.15, 0.2) is 35.2 Å². The Hall–Kier alpha value is -1.30. The van der Waals surface area contributed by atoms with Gasteiger partial charge in [0.05, 0.1) is 5.25 Å². The van der Waals surface area contributed by atoms with Crippen molar-refractivity contribution in [3.05, 3.63) is 57.6 Å². The van der Waals surface area contributed by atoms with Gasteiger partial charge in [0.25, 0.3) is 0 Å². The monoisotopic (exact) mass is 398 g/mol. The van der Waals surface area contributed by atoms with Gasteiger partial charge < -0.3 is 4.90 Å². The highest BCUT2D eigenvalue weighted by Gasteiger charge is 2.27. The molecule has 0 aliphatic carbocycles. The summed E-state index contributed by atoms with van der Waals surface area (Å²) in [5.74, 6) is -0.168. The molecule has 1 aromatic carbocycles. The van der Waals surface area contributed by atoms with E-state index in [9.17, 15) is 9.18 Å². The van der Waals surface area contributed by atoms with Crippen molar-refractivity contribution in [2.45, 2.75) is 36.5 Å². The van der Waals surface area contributed by atoms with Crippen LogP contribution in [-0.2, 0) is 17.8 Å². The summed E-state index contributed by atoms with van der Waals surface area (Å²) >= 11 is 13.4. The average Bonchev–Trinajstić information content (AvgIpc) is 2.60. The first-order chi connectivity index (χ1) is 12.0. The second-order valence-corrected chi connectivity index (χ2v) is 7.85. The highest BCUT2D eigenvalue weighted by atomic mass is 35.5. The van der Waals surface area contributed by atoms with Crippen molar-refractivity contribution in [3.63, 3.8) is 0 Å². The van der Waals surface area contributed by atoms with E-state index in [0.717, 1.165) is 16.0 Å². The third kappa shape index (κ3) is 4.27. The first-order valence-electron chi connectivity index (χ1n) is 8.02. The van der Waals surface area contributed by atoms with Crippen molar-refractivity contribution >= 4 is 40.9 Å². The number of fused-ring (bicyclic) bond motifs is 1. The van der Waals surface area contributed by atoms with Crippen molar-refractivity contribution in [1.82, 2.24) is 9.88 Å². The molecule has 0 fully saturated rings. The van der Waals surface area contributed by atoms with Crippen LogP contribution in [0.3, 0.4) is 0 Å². The Morgan fingerprint density at radius 3 is 2.84 bits per heavy atom. The lowest BCUT2D eigenvalue weighted by Crippen LogP contribution is -2.40. The molecular formula is C18H17Cl2FN2OS. The number of thioether (sulfide) groups is 1. The molecule has 2 aromatic rings. The molecule has 1 aliphatic rings. The number of halogens is 3. The fraction of sp³-hybridized carbons (Fsp3) is 0.333. The quantitative estimate of drug-likeness (QED) is 0.537. The lowest BCUT2D eigenvalue weighted by Gasteiger charge is -2.31. The van der Waals surface area contributed by atoms with E-state index in [1.807, 2.05) is 11.8 Å². The van der Waals surface area contributed by atoms with E-state index in [2.05, 4.69) is 4.98 Å². The molecule has 3 nitrogen and oxygen atoms in total. The van der Waals surface area contributed by atoms with E-state index >= 15 is 0 Å². The fourth-order valence-corrected chi connectivity index (χ4v) is 4.35. The van der Waals surface area contributed by atoms with Crippen LogP contribution < -0.4 is 0 Å². The molecule has 0 spiro atoms. The van der Waals surface area contributed by atoms with E-state index in [0.29, 0.717) is 36.2 Å². The standard InChI is InChI=1S/C18H17Cl2FN2OS/c1-2-14(25-15-5-6-16(19)22-17(15)20)18(24)23-8-7-11-9-13(21)4-3-12(11)10-23/h3-6,9,14H,2,7-8,10H2,1H3. The molecule has 0 radical (unpaired) electrons. The first-order valence-corrected chi connectivity index (χ1v) is 9.66. The minimum atomic E-state index is -0.248. The molecule has 7 heteroatoms. The first kappa shape index (κ1) is 18.5. The molecule has 25 heavy (non-hydrogen) atoms. The lowest BCUT2D eigenvalue weighted by molar-refractivity contribution is -0.131. The van der Waals surface area contributed by atoms with Crippen molar-refractivity contribution in [2.75, 3.05) is 6.54 Å². The molecule has 132 valence electrons. The van der Waals surface area contributed by atoms with Gasteiger partial charge in [0, 0.05) is 18.0 Å². The number of pyridine rings is 1. The van der Waals surface area contributed by atoms with Gasteiger partial charge in [0.15, 0.2) is 0 Å². The minimum absolute atomic E-state index is 0.0634. The number of nitrogens with zero attached hydrogens (tertiary/aromatic N) is 2. The van der Waals surface area contributed by atoms with E-state index in [1.54, 1.807) is 24.3 Å². The summed E-state index contributed by atoms with van der Waals surface area (Å²) in [5, 5.41) is 0.388. The van der Waals surface area contributed by atoms with Crippen molar-refractivity contribution in [2.24, 2.45) is 0 Å². The van der Waals surface area contributed by atoms with Crippen molar-refractivity contribution in [1.29, 1.82) is 0 Å². The molecule has 2 heterocycles. The highest BCUT2D eigenvalue weighted by Crippen LogP contribution is 2.33. The molecular weight excluding hydrogens is 382 g/mol. The van der Waals surface area contributed by atoms with Crippen LogP contribution in [0.2, 0.25) is 10.3 Å². The minimum Gasteiger partial charge on any atom is -0.337 e. The lowest BCUT2D eigenvalue weighted by atomic mass is 9.99. The van der Waals surface area contributed by atoms with E-state index in [-0.39, 0.29) is 17.0 Å². The van der Waals surface area contributed by atoms with Gasteiger partial charge in [0.1, 0.15) is 16.1 Å². The molecule has 0 bridgehead atoms. The Labute approximate surface area is 160 Å². The SMILES string of the molecule is CCC(Sc1ccc(Cl)nc1Cl)C(=O)N1CCc2cc(F)ccc2C1. The molecule has 0 N–H and O–H groups in total. The van der Waals surface area contributed by atoms with E-state index < -0.39 is 0 Å². The van der Waals surface area contributed by atoms with Crippen LogP contribution in [0.5, 0.6) is 0 Å². The largest absolute Gasteiger partial charge is 0.337 e. The predicted octanol–water partition coefficient (Wildman–Crippen LogP) is 4.98. The van der Waals surface area contributed by atoms with Crippen LogP contribution in [0, 0.1) is 5.82 Å². The fourth-order valence-electron chi connectivity index (χ4n) is 2.86. The van der Waals surface area contributed by atoms with Gasteiger partial charge in [-0.05, 0) is 48.2 Å².